The molecule has 0 heterocycles. The lowest BCUT2D eigenvalue weighted by atomic mass is 9.98. The third-order valence-corrected chi connectivity index (χ3v) is 4.53. The van der Waals surface area contributed by atoms with Gasteiger partial charge in [-0.15, -0.1) is 0 Å². The second-order valence-electron chi connectivity index (χ2n) is 5.44. The minimum atomic E-state index is -0.811. The molecule has 6 heteroatoms. The summed E-state index contributed by atoms with van der Waals surface area (Å²) in [6, 6.07) is 16.0. The van der Waals surface area contributed by atoms with Crippen LogP contribution in [-0.4, -0.2) is 42.0 Å². The summed E-state index contributed by atoms with van der Waals surface area (Å²) in [6.45, 7) is 0. The van der Waals surface area contributed by atoms with Gasteiger partial charge in [-0.3, -0.25) is 9.80 Å². The summed E-state index contributed by atoms with van der Waals surface area (Å²) in [5, 5.41) is 0.990. The molecule has 2 aromatic carbocycles. The van der Waals surface area contributed by atoms with E-state index in [0.29, 0.717) is 17.7 Å². The standard InChI is InChI=1S/C19H22N2O3S/c1-24-19(23)17(12-13-25-2)21(20)18(22)16-11-7-6-10-15(16)14-8-4-3-5-9-14/h3-11,17H,12-13,20H2,1-2H3/t17-/m0/s1. The maximum atomic E-state index is 13.0. The molecule has 0 aromatic heterocycles. The molecule has 2 aromatic rings. The minimum Gasteiger partial charge on any atom is -0.467 e. The van der Waals surface area contributed by atoms with Crippen molar-refractivity contribution in [1.82, 2.24) is 5.01 Å². The first-order valence-electron chi connectivity index (χ1n) is 7.89. The molecule has 132 valence electrons. The lowest BCUT2D eigenvalue weighted by Crippen LogP contribution is -2.50. The van der Waals surface area contributed by atoms with E-state index in [1.807, 2.05) is 48.7 Å². The van der Waals surface area contributed by atoms with Gasteiger partial charge in [0.25, 0.3) is 5.91 Å². The van der Waals surface area contributed by atoms with E-state index >= 15 is 0 Å². The fourth-order valence-electron chi connectivity index (χ4n) is 2.56. The second kappa shape index (κ2) is 9.25. The van der Waals surface area contributed by atoms with Crippen molar-refractivity contribution in [3.63, 3.8) is 0 Å². The zero-order valence-electron chi connectivity index (χ0n) is 14.3. The number of nitrogens with zero attached hydrogens (tertiary/aromatic N) is 1. The predicted molar refractivity (Wildman–Crippen MR) is 101 cm³/mol. The van der Waals surface area contributed by atoms with Gasteiger partial charge < -0.3 is 4.74 Å². The summed E-state index contributed by atoms with van der Waals surface area (Å²) in [5.74, 6) is 5.81. The van der Waals surface area contributed by atoms with Crippen molar-refractivity contribution in [2.24, 2.45) is 5.84 Å². The molecule has 25 heavy (non-hydrogen) atoms. The highest BCUT2D eigenvalue weighted by molar-refractivity contribution is 7.98. The van der Waals surface area contributed by atoms with Crippen LogP contribution in [0, 0.1) is 0 Å². The Hall–Kier alpha value is -2.31. The number of carbonyl (C=O) groups is 2. The summed E-state index contributed by atoms with van der Waals surface area (Å²) >= 11 is 1.58. The first-order valence-corrected chi connectivity index (χ1v) is 9.29. The van der Waals surface area contributed by atoms with Crippen molar-refractivity contribution in [2.45, 2.75) is 12.5 Å². The van der Waals surface area contributed by atoms with Gasteiger partial charge in [0.15, 0.2) is 0 Å². The van der Waals surface area contributed by atoms with Crippen LogP contribution >= 0.6 is 11.8 Å². The summed E-state index contributed by atoms with van der Waals surface area (Å²) in [4.78, 5) is 25.0. The Labute approximate surface area is 152 Å². The molecule has 0 bridgehead atoms. The predicted octanol–water partition coefficient (Wildman–Crippen LogP) is 2.96. The largest absolute Gasteiger partial charge is 0.467 e. The second-order valence-corrected chi connectivity index (χ2v) is 6.43. The molecule has 2 N–H and O–H groups in total. The maximum Gasteiger partial charge on any atom is 0.330 e. The van der Waals surface area contributed by atoms with Crippen molar-refractivity contribution < 1.29 is 14.3 Å². The van der Waals surface area contributed by atoms with Gasteiger partial charge in [0.1, 0.15) is 6.04 Å². The number of hydrogen-bond donors (Lipinski definition) is 1. The number of rotatable bonds is 7. The number of benzene rings is 2. The molecule has 0 aliphatic heterocycles. The molecule has 5 nitrogen and oxygen atoms in total. The van der Waals surface area contributed by atoms with E-state index in [1.54, 1.807) is 23.9 Å². The Morgan fingerprint density at radius 2 is 1.76 bits per heavy atom. The van der Waals surface area contributed by atoms with Gasteiger partial charge in [-0.2, -0.15) is 11.8 Å². The lowest BCUT2D eigenvalue weighted by molar-refractivity contribution is -0.146. The number of ether oxygens (including phenoxy) is 1. The zero-order valence-corrected chi connectivity index (χ0v) is 15.2. The Balaban J connectivity index is 2.34. The van der Waals surface area contributed by atoms with Crippen molar-refractivity contribution in [1.29, 1.82) is 0 Å². The molecule has 0 radical (unpaired) electrons. The van der Waals surface area contributed by atoms with Gasteiger partial charge in [-0.25, -0.2) is 10.6 Å². The Morgan fingerprint density at radius 1 is 1.12 bits per heavy atom. The minimum absolute atomic E-state index is 0.407. The first kappa shape index (κ1) is 19.0. The van der Waals surface area contributed by atoms with Gasteiger partial charge in [0, 0.05) is 5.56 Å². The number of esters is 1. The van der Waals surface area contributed by atoms with Crippen LogP contribution in [0.2, 0.25) is 0 Å². The number of nitrogens with two attached hydrogens (primary N) is 1. The molecule has 0 aliphatic carbocycles. The Kier molecular flexibility index (Phi) is 7.03. The number of hydrazine groups is 1. The normalized spacial score (nSPS) is 11.6. The average Bonchev–Trinajstić information content (AvgIpc) is 2.67. The van der Waals surface area contributed by atoms with Crippen molar-refractivity contribution >= 4 is 23.6 Å². The molecule has 1 amide bonds. The van der Waals surface area contributed by atoms with E-state index in [4.69, 9.17) is 10.6 Å². The Morgan fingerprint density at radius 3 is 2.40 bits per heavy atom. The smallest absolute Gasteiger partial charge is 0.330 e. The molecule has 0 aliphatic rings. The summed E-state index contributed by atoms with van der Waals surface area (Å²) < 4.78 is 4.81. The number of amides is 1. The van der Waals surface area contributed by atoms with Gasteiger partial charge >= 0.3 is 5.97 Å². The monoisotopic (exact) mass is 358 g/mol. The SMILES string of the molecule is COC(=O)[C@H](CCSC)N(N)C(=O)c1ccccc1-c1ccccc1. The third-order valence-electron chi connectivity index (χ3n) is 3.88. The third kappa shape index (κ3) is 4.61. The molecule has 0 fully saturated rings. The quantitative estimate of drug-likeness (QED) is 0.356. The lowest BCUT2D eigenvalue weighted by Gasteiger charge is -2.26. The first-order chi connectivity index (χ1) is 12.1. The van der Waals surface area contributed by atoms with E-state index in [9.17, 15) is 9.59 Å². The number of carbonyl (C=O) groups excluding carboxylic acids is 2. The molecule has 0 saturated heterocycles. The average molecular weight is 358 g/mol. The number of methoxy groups -OCH3 is 1. The van der Waals surface area contributed by atoms with Crippen LogP contribution in [-0.2, 0) is 9.53 Å². The number of hydrogen-bond acceptors (Lipinski definition) is 5. The van der Waals surface area contributed by atoms with Crippen LogP contribution in [0.3, 0.4) is 0 Å². The van der Waals surface area contributed by atoms with E-state index < -0.39 is 17.9 Å². The maximum absolute atomic E-state index is 13.0. The highest BCUT2D eigenvalue weighted by Crippen LogP contribution is 2.25. The molecular formula is C19H22N2O3S. The van der Waals surface area contributed by atoms with E-state index in [1.165, 1.54) is 7.11 Å². The summed E-state index contributed by atoms with van der Waals surface area (Å²) in [7, 11) is 1.30. The Bertz CT molecular complexity index is 722. The van der Waals surface area contributed by atoms with E-state index in [2.05, 4.69) is 0 Å². The van der Waals surface area contributed by atoms with Crippen molar-refractivity contribution in [3.8, 4) is 11.1 Å². The molecule has 2 rings (SSSR count). The van der Waals surface area contributed by atoms with Crippen LogP contribution in [0.15, 0.2) is 54.6 Å². The molecule has 1 atom stereocenters. The van der Waals surface area contributed by atoms with Crippen LogP contribution in [0.4, 0.5) is 0 Å². The van der Waals surface area contributed by atoms with Crippen LogP contribution in [0.1, 0.15) is 16.8 Å². The van der Waals surface area contributed by atoms with Crippen LogP contribution in [0.25, 0.3) is 11.1 Å². The van der Waals surface area contributed by atoms with E-state index in [-0.39, 0.29) is 0 Å². The summed E-state index contributed by atoms with van der Waals surface area (Å²) in [5.41, 5.74) is 2.14. The topological polar surface area (TPSA) is 72.6 Å². The molecule has 0 unspecified atom stereocenters. The highest BCUT2D eigenvalue weighted by Gasteiger charge is 2.30. The van der Waals surface area contributed by atoms with Crippen molar-refractivity contribution in [3.05, 3.63) is 60.2 Å². The molecule has 0 spiro atoms. The zero-order chi connectivity index (χ0) is 18.2. The van der Waals surface area contributed by atoms with Gasteiger partial charge in [-0.05, 0) is 35.6 Å². The molecular weight excluding hydrogens is 336 g/mol. The molecule has 0 saturated carbocycles. The fraction of sp³-hybridized carbons (Fsp3) is 0.263. The van der Waals surface area contributed by atoms with Crippen LogP contribution < -0.4 is 5.84 Å². The highest BCUT2D eigenvalue weighted by atomic mass is 32.2. The summed E-state index contributed by atoms with van der Waals surface area (Å²) in [6.07, 6.45) is 2.37. The van der Waals surface area contributed by atoms with Gasteiger partial charge in [0.05, 0.1) is 7.11 Å². The van der Waals surface area contributed by atoms with Crippen molar-refractivity contribution in [2.75, 3.05) is 19.1 Å². The van der Waals surface area contributed by atoms with Crippen LogP contribution in [0.5, 0.6) is 0 Å². The van der Waals surface area contributed by atoms with Gasteiger partial charge in [0.2, 0.25) is 0 Å². The van der Waals surface area contributed by atoms with Gasteiger partial charge in [-0.1, -0.05) is 48.5 Å². The van der Waals surface area contributed by atoms with E-state index in [0.717, 1.165) is 16.1 Å². The fourth-order valence-corrected chi connectivity index (χ4v) is 3.01. The number of thioether (sulfide) groups is 1.